The van der Waals surface area contributed by atoms with Crippen LogP contribution in [0.3, 0.4) is 0 Å². The Morgan fingerprint density at radius 2 is 1.94 bits per heavy atom. The van der Waals surface area contributed by atoms with E-state index < -0.39 is 24.8 Å². The van der Waals surface area contributed by atoms with Crippen molar-refractivity contribution in [3.8, 4) is 11.5 Å². The maximum absolute atomic E-state index is 12.8. The molecule has 1 unspecified atom stereocenters. The van der Waals surface area contributed by atoms with Crippen molar-refractivity contribution < 1.29 is 27.4 Å². The molecule has 4 rings (SSSR count). The van der Waals surface area contributed by atoms with Crippen LogP contribution in [0.4, 0.5) is 13.2 Å². The molecule has 1 aromatic carbocycles. The van der Waals surface area contributed by atoms with Gasteiger partial charge in [-0.25, -0.2) is 0 Å². The summed E-state index contributed by atoms with van der Waals surface area (Å²) in [6.45, 7) is 3.55. The Labute approximate surface area is 211 Å². The van der Waals surface area contributed by atoms with Gasteiger partial charge < -0.3 is 25.1 Å². The number of H-pyrrole nitrogens is 1. The molecule has 0 radical (unpaired) electrons. The number of hydrogen-bond acceptors (Lipinski definition) is 6. The van der Waals surface area contributed by atoms with Crippen molar-refractivity contribution in [1.29, 1.82) is 0 Å². The average Bonchev–Trinajstić information content (AvgIpc) is 3.25. The molecule has 7 nitrogen and oxygen atoms in total. The van der Waals surface area contributed by atoms with E-state index in [2.05, 4.69) is 4.98 Å². The van der Waals surface area contributed by atoms with Crippen molar-refractivity contribution in [2.24, 2.45) is 11.7 Å². The molecule has 3 heterocycles. The van der Waals surface area contributed by atoms with Crippen LogP contribution in [0.15, 0.2) is 27.9 Å². The number of amides is 1. The Balaban J connectivity index is 1.49. The Kier molecular flexibility index (Phi) is 7.89. The van der Waals surface area contributed by atoms with E-state index in [1.807, 2.05) is 24.1 Å². The minimum Gasteiger partial charge on any atom is -0.451 e. The van der Waals surface area contributed by atoms with Crippen LogP contribution >= 0.6 is 11.8 Å². The maximum Gasteiger partial charge on any atom is 0.389 e. The van der Waals surface area contributed by atoms with Crippen LogP contribution in [-0.2, 0) is 6.42 Å². The number of nitrogens with zero attached hydrogens (tertiary/aromatic N) is 1. The van der Waals surface area contributed by atoms with Gasteiger partial charge in [0.2, 0.25) is 12.2 Å². The van der Waals surface area contributed by atoms with Crippen LogP contribution in [0, 0.1) is 12.8 Å². The number of halogens is 3. The molecular weight excluding hydrogens is 495 g/mol. The van der Waals surface area contributed by atoms with Crippen LogP contribution in [0.1, 0.15) is 52.9 Å². The molecule has 0 spiro atoms. The van der Waals surface area contributed by atoms with Crippen molar-refractivity contribution in [2.45, 2.75) is 56.4 Å². The summed E-state index contributed by atoms with van der Waals surface area (Å²) in [6.07, 6.45) is -1.91. The predicted octanol–water partition coefficient (Wildman–Crippen LogP) is 4.25. The van der Waals surface area contributed by atoms with Crippen LogP contribution in [-0.4, -0.2) is 54.1 Å². The number of piperidine rings is 1. The van der Waals surface area contributed by atoms with E-state index in [1.54, 1.807) is 12.1 Å². The second kappa shape index (κ2) is 10.8. The minimum atomic E-state index is -4.13. The highest BCUT2D eigenvalue weighted by Crippen LogP contribution is 2.43. The number of ether oxygens (including phenoxy) is 2. The smallest absolute Gasteiger partial charge is 0.389 e. The van der Waals surface area contributed by atoms with E-state index in [4.69, 9.17) is 15.2 Å². The Bertz CT molecular complexity index is 1180. The van der Waals surface area contributed by atoms with Crippen molar-refractivity contribution in [3.05, 3.63) is 50.9 Å². The van der Waals surface area contributed by atoms with Gasteiger partial charge in [-0.3, -0.25) is 9.59 Å². The van der Waals surface area contributed by atoms with Gasteiger partial charge in [-0.05, 0) is 70.3 Å². The number of primary amides is 1. The van der Waals surface area contributed by atoms with Crippen LogP contribution in [0.2, 0.25) is 0 Å². The largest absolute Gasteiger partial charge is 0.451 e. The average molecular weight is 526 g/mol. The van der Waals surface area contributed by atoms with E-state index >= 15 is 0 Å². The fraction of sp³-hybridized carbons (Fsp3) is 0.520. The molecule has 1 amide bonds. The van der Waals surface area contributed by atoms with Gasteiger partial charge in [0.05, 0.1) is 0 Å². The van der Waals surface area contributed by atoms with Crippen LogP contribution in [0.25, 0.3) is 0 Å². The molecule has 2 aliphatic rings. The summed E-state index contributed by atoms with van der Waals surface area (Å²) >= 11 is 1.45. The third-order valence-corrected chi connectivity index (χ3v) is 7.53. The zero-order valence-corrected chi connectivity index (χ0v) is 21.1. The van der Waals surface area contributed by atoms with Gasteiger partial charge in [-0.2, -0.15) is 13.2 Å². The van der Waals surface area contributed by atoms with Crippen molar-refractivity contribution >= 4 is 17.7 Å². The molecular formula is C25H30F3N3O4S. The van der Waals surface area contributed by atoms with Crippen molar-refractivity contribution in [2.75, 3.05) is 25.9 Å². The zero-order valence-electron chi connectivity index (χ0n) is 20.2. The first kappa shape index (κ1) is 26.4. The number of aryl methyl sites for hydroxylation is 1. The lowest BCUT2D eigenvalue weighted by Gasteiger charge is -2.33. The second-order valence-electron chi connectivity index (χ2n) is 9.29. The Morgan fingerprint density at radius 3 is 2.58 bits per heavy atom. The lowest BCUT2D eigenvalue weighted by atomic mass is 9.96. The fourth-order valence-corrected chi connectivity index (χ4v) is 5.56. The SMILES string of the molecule is CSc1cc(C)[nH]c(=O)c1Cc1c(C(N)=O)ccc2c1OC(C1CCN(CCCC(F)(F)F)CC1)O2. The number of pyridine rings is 1. The monoisotopic (exact) mass is 525 g/mol. The highest BCUT2D eigenvalue weighted by molar-refractivity contribution is 7.98. The Hall–Kier alpha value is -2.66. The number of nitrogens with one attached hydrogen (secondary N) is 1. The van der Waals surface area contributed by atoms with Gasteiger partial charge in [0.15, 0.2) is 11.5 Å². The molecule has 1 saturated heterocycles. The van der Waals surface area contributed by atoms with Gasteiger partial charge in [0, 0.05) is 46.0 Å². The standard InChI is InChI=1S/C25H30F3N3O4S/c1-14-12-20(36-2)18(23(33)30-14)13-17-16(22(29)32)4-5-19-21(17)35-24(34-19)15-6-10-31(11-7-15)9-3-8-25(26,27)28/h4-5,12,15,24H,3,6-11,13H2,1-2H3,(H2,29,32)(H,30,33). The number of likely N-dealkylation sites (tertiary alicyclic amines) is 1. The molecule has 0 aliphatic carbocycles. The number of hydrogen-bond donors (Lipinski definition) is 2. The molecule has 196 valence electrons. The lowest BCUT2D eigenvalue weighted by Crippen LogP contribution is -2.41. The summed E-state index contributed by atoms with van der Waals surface area (Å²) in [4.78, 5) is 30.6. The summed E-state index contributed by atoms with van der Waals surface area (Å²) in [5.74, 6) is 0.324. The number of aromatic nitrogens is 1. The lowest BCUT2D eigenvalue weighted by molar-refractivity contribution is -0.136. The number of nitrogens with two attached hydrogens (primary N) is 1. The van der Waals surface area contributed by atoms with Crippen molar-refractivity contribution in [1.82, 2.24) is 9.88 Å². The number of carbonyl (C=O) groups excluding carboxylic acids is 1. The zero-order chi connectivity index (χ0) is 26.0. The summed E-state index contributed by atoms with van der Waals surface area (Å²) in [5, 5.41) is 0. The van der Waals surface area contributed by atoms with E-state index in [9.17, 15) is 22.8 Å². The predicted molar refractivity (Wildman–Crippen MR) is 131 cm³/mol. The number of carbonyl (C=O) groups is 1. The van der Waals surface area contributed by atoms with Crippen molar-refractivity contribution in [3.63, 3.8) is 0 Å². The van der Waals surface area contributed by atoms with E-state index in [0.29, 0.717) is 42.3 Å². The molecule has 1 atom stereocenters. The van der Waals surface area contributed by atoms with Gasteiger partial charge >= 0.3 is 6.18 Å². The van der Waals surface area contributed by atoms with Gasteiger partial charge in [-0.1, -0.05) is 0 Å². The summed E-state index contributed by atoms with van der Waals surface area (Å²) in [5.41, 5.74) is 7.45. The number of rotatable bonds is 8. The highest BCUT2D eigenvalue weighted by Gasteiger charge is 2.37. The molecule has 1 aromatic heterocycles. The number of benzene rings is 1. The quantitative estimate of drug-likeness (QED) is 0.501. The van der Waals surface area contributed by atoms with E-state index in [1.165, 1.54) is 11.8 Å². The molecule has 0 saturated carbocycles. The maximum atomic E-state index is 12.8. The topological polar surface area (TPSA) is 97.6 Å². The Morgan fingerprint density at radius 1 is 1.22 bits per heavy atom. The molecule has 11 heteroatoms. The molecule has 1 fully saturated rings. The van der Waals surface area contributed by atoms with Gasteiger partial charge in [-0.15, -0.1) is 11.8 Å². The summed E-state index contributed by atoms with van der Waals surface area (Å²) in [6, 6.07) is 5.13. The first-order valence-electron chi connectivity index (χ1n) is 11.9. The number of aromatic amines is 1. The van der Waals surface area contributed by atoms with Gasteiger partial charge in [0.1, 0.15) is 0 Å². The third-order valence-electron chi connectivity index (χ3n) is 6.72. The molecule has 36 heavy (non-hydrogen) atoms. The fourth-order valence-electron chi connectivity index (χ4n) is 4.86. The number of alkyl halides is 3. The molecule has 2 aromatic rings. The minimum absolute atomic E-state index is 0.0469. The third kappa shape index (κ3) is 6.00. The molecule has 0 bridgehead atoms. The molecule has 2 aliphatic heterocycles. The van der Waals surface area contributed by atoms with E-state index in [-0.39, 0.29) is 29.9 Å². The van der Waals surface area contributed by atoms with E-state index in [0.717, 1.165) is 23.4 Å². The first-order chi connectivity index (χ1) is 17.1. The summed E-state index contributed by atoms with van der Waals surface area (Å²) < 4.78 is 49.6. The summed E-state index contributed by atoms with van der Waals surface area (Å²) in [7, 11) is 0. The van der Waals surface area contributed by atoms with Crippen LogP contribution in [0.5, 0.6) is 11.5 Å². The number of thioether (sulfide) groups is 1. The second-order valence-corrected chi connectivity index (χ2v) is 10.1. The highest BCUT2D eigenvalue weighted by atomic mass is 32.2. The van der Waals surface area contributed by atoms with Gasteiger partial charge in [0.25, 0.3) is 5.56 Å². The first-order valence-corrected chi connectivity index (χ1v) is 13.1. The normalized spacial score (nSPS) is 18.5. The number of fused-ring (bicyclic) bond motifs is 1. The molecule has 3 N–H and O–H groups in total. The van der Waals surface area contributed by atoms with Crippen LogP contribution < -0.4 is 20.8 Å².